The summed E-state index contributed by atoms with van der Waals surface area (Å²) in [4.78, 5) is 33.4. The zero-order valence-corrected chi connectivity index (χ0v) is 18.7. The zero-order valence-electron chi connectivity index (χ0n) is 17.8. The van der Waals surface area contributed by atoms with Crippen LogP contribution in [0.25, 0.3) is 11.0 Å². The number of aromatic amines is 1. The number of thioether (sulfide) groups is 1. The summed E-state index contributed by atoms with van der Waals surface area (Å²) in [5, 5.41) is 5.91. The van der Waals surface area contributed by atoms with Gasteiger partial charge in [0, 0.05) is 11.3 Å². The third-order valence-electron chi connectivity index (χ3n) is 5.15. The van der Waals surface area contributed by atoms with Crippen LogP contribution in [0.15, 0.2) is 65.3 Å². The number of imidazole rings is 1. The van der Waals surface area contributed by atoms with Crippen molar-refractivity contribution in [1.82, 2.24) is 15.3 Å². The van der Waals surface area contributed by atoms with Crippen LogP contribution in [0.3, 0.4) is 0 Å². The highest BCUT2D eigenvalue weighted by atomic mass is 32.2. The number of H-pyrrole nitrogens is 1. The van der Waals surface area contributed by atoms with Crippen LogP contribution in [0.1, 0.15) is 44.8 Å². The van der Waals surface area contributed by atoms with Crippen molar-refractivity contribution in [2.24, 2.45) is 0 Å². The van der Waals surface area contributed by atoms with Crippen LogP contribution in [-0.4, -0.2) is 33.8 Å². The summed E-state index contributed by atoms with van der Waals surface area (Å²) >= 11 is 1.71. The predicted octanol–water partition coefficient (Wildman–Crippen LogP) is 4.94. The van der Waals surface area contributed by atoms with E-state index in [1.54, 1.807) is 36.0 Å². The highest BCUT2D eigenvalue weighted by Gasteiger charge is 2.20. The molecule has 4 aromatic rings. The van der Waals surface area contributed by atoms with E-state index in [9.17, 15) is 9.59 Å². The Bertz CT molecular complexity index is 1200. The quantitative estimate of drug-likeness (QED) is 0.354. The second-order valence-corrected chi connectivity index (χ2v) is 8.39. The molecule has 164 valence electrons. The smallest absolute Gasteiger partial charge is 0.291 e. The molecule has 7 nitrogen and oxygen atoms in total. The fourth-order valence-corrected chi connectivity index (χ4v) is 3.85. The standard InChI is InChI=1S/C24H24N4O3S/c1-15-9-10-16(14-20(15)28-24(30)21-8-5-12-31-21)23(29)27-19(11-13-32-2)22-25-17-6-3-4-7-18(17)26-22/h3-10,12,14,19H,11,13H2,1-2H3,(H,25,26)(H,27,29)(H,28,30). The molecule has 0 bridgehead atoms. The number of aromatic nitrogens is 2. The van der Waals surface area contributed by atoms with Crippen LogP contribution in [0.4, 0.5) is 5.69 Å². The van der Waals surface area contributed by atoms with Gasteiger partial charge in [0.25, 0.3) is 11.8 Å². The maximum Gasteiger partial charge on any atom is 0.291 e. The fraction of sp³-hybridized carbons (Fsp3) is 0.208. The number of carbonyl (C=O) groups is 2. The fourth-order valence-electron chi connectivity index (χ4n) is 3.38. The summed E-state index contributed by atoms with van der Waals surface area (Å²) in [5.41, 5.74) is 3.66. The van der Waals surface area contributed by atoms with Crippen LogP contribution in [0.5, 0.6) is 0 Å². The molecule has 2 heterocycles. The van der Waals surface area contributed by atoms with Crippen molar-refractivity contribution in [2.75, 3.05) is 17.3 Å². The molecule has 0 fully saturated rings. The van der Waals surface area contributed by atoms with Crippen LogP contribution in [0.2, 0.25) is 0 Å². The van der Waals surface area contributed by atoms with E-state index in [-0.39, 0.29) is 23.6 Å². The predicted molar refractivity (Wildman–Crippen MR) is 127 cm³/mol. The number of rotatable bonds is 8. The Morgan fingerprint density at radius 1 is 1.12 bits per heavy atom. The second-order valence-electron chi connectivity index (χ2n) is 7.41. The van der Waals surface area contributed by atoms with Gasteiger partial charge in [-0.1, -0.05) is 18.2 Å². The number of nitrogens with one attached hydrogen (secondary N) is 3. The number of benzene rings is 2. The Morgan fingerprint density at radius 2 is 1.97 bits per heavy atom. The molecule has 8 heteroatoms. The second kappa shape index (κ2) is 9.74. The van der Waals surface area contributed by atoms with Crippen molar-refractivity contribution in [3.8, 4) is 0 Å². The summed E-state index contributed by atoms with van der Waals surface area (Å²) in [6.07, 6.45) is 4.21. The van der Waals surface area contributed by atoms with Gasteiger partial charge in [0.05, 0.1) is 23.3 Å². The summed E-state index contributed by atoms with van der Waals surface area (Å²) in [7, 11) is 0. The molecule has 3 N–H and O–H groups in total. The maximum atomic E-state index is 13.1. The van der Waals surface area contributed by atoms with E-state index >= 15 is 0 Å². The highest BCUT2D eigenvalue weighted by Crippen LogP contribution is 2.22. The lowest BCUT2D eigenvalue weighted by atomic mass is 10.1. The van der Waals surface area contributed by atoms with Crippen LogP contribution in [0, 0.1) is 6.92 Å². The van der Waals surface area contributed by atoms with Crippen LogP contribution < -0.4 is 10.6 Å². The minimum absolute atomic E-state index is 0.210. The van der Waals surface area contributed by atoms with Gasteiger partial charge in [-0.15, -0.1) is 0 Å². The van der Waals surface area contributed by atoms with Crippen molar-refractivity contribution in [2.45, 2.75) is 19.4 Å². The molecule has 0 spiro atoms. The van der Waals surface area contributed by atoms with E-state index in [4.69, 9.17) is 4.42 Å². The molecule has 0 aliphatic rings. The number of para-hydroxylation sites is 2. The van der Waals surface area contributed by atoms with Crippen LogP contribution in [-0.2, 0) is 0 Å². The Labute approximate surface area is 190 Å². The molecule has 0 radical (unpaired) electrons. The van der Waals surface area contributed by atoms with Gasteiger partial charge >= 0.3 is 0 Å². The van der Waals surface area contributed by atoms with E-state index < -0.39 is 0 Å². The Balaban J connectivity index is 1.54. The third-order valence-corrected chi connectivity index (χ3v) is 5.79. The molecule has 4 rings (SSSR count). The van der Waals surface area contributed by atoms with Crippen molar-refractivity contribution < 1.29 is 14.0 Å². The molecule has 0 aliphatic heterocycles. The topological polar surface area (TPSA) is 100 Å². The first-order valence-corrected chi connectivity index (χ1v) is 11.6. The molecule has 0 saturated carbocycles. The summed E-state index contributed by atoms with van der Waals surface area (Å²) in [5.74, 6) is 1.22. The average Bonchev–Trinajstić information content (AvgIpc) is 3.48. The van der Waals surface area contributed by atoms with Crippen molar-refractivity contribution in [3.63, 3.8) is 0 Å². The lowest BCUT2D eigenvalue weighted by Gasteiger charge is -2.17. The number of nitrogens with zero attached hydrogens (tertiary/aromatic N) is 1. The van der Waals surface area contributed by atoms with Gasteiger partial charge in [0.15, 0.2) is 5.76 Å². The Morgan fingerprint density at radius 3 is 2.72 bits per heavy atom. The largest absolute Gasteiger partial charge is 0.459 e. The minimum Gasteiger partial charge on any atom is -0.459 e. The van der Waals surface area contributed by atoms with Gasteiger partial charge in [-0.2, -0.15) is 11.8 Å². The number of furan rings is 1. The monoisotopic (exact) mass is 448 g/mol. The summed E-state index contributed by atoms with van der Waals surface area (Å²) in [6, 6.07) is 16.0. The molecule has 1 unspecified atom stereocenters. The van der Waals surface area contributed by atoms with E-state index in [2.05, 4.69) is 20.6 Å². The third kappa shape index (κ3) is 4.86. The number of fused-ring (bicyclic) bond motifs is 1. The number of hydrogen-bond donors (Lipinski definition) is 3. The Hall–Kier alpha value is -3.52. The molecule has 2 amide bonds. The molecule has 1 atom stereocenters. The first-order valence-electron chi connectivity index (χ1n) is 10.2. The number of aryl methyl sites for hydroxylation is 1. The zero-order chi connectivity index (χ0) is 22.5. The van der Waals surface area contributed by atoms with Gasteiger partial charge in [0.1, 0.15) is 5.82 Å². The first kappa shape index (κ1) is 21.7. The molecule has 32 heavy (non-hydrogen) atoms. The highest BCUT2D eigenvalue weighted by molar-refractivity contribution is 7.98. The van der Waals surface area contributed by atoms with Gasteiger partial charge in [-0.05, 0) is 67.3 Å². The summed E-state index contributed by atoms with van der Waals surface area (Å²) < 4.78 is 5.15. The number of amides is 2. The van der Waals surface area contributed by atoms with Gasteiger partial charge < -0.3 is 20.0 Å². The maximum absolute atomic E-state index is 13.1. The van der Waals surface area contributed by atoms with Gasteiger partial charge in [0.2, 0.25) is 0 Å². The van der Waals surface area contributed by atoms with Crippen molar-refractivity contribution in [1.29, 1.82) is 0 Å². The molecule has 2 aromatic carbocycles. The normalized spacial score (nSPS) is 11.9. The minimum atomic E-state index is -0.365. The number of anilines is 1. The Kier molecular flexibility index (Phi) is 6.61. The SMILES string of the molecule is CSCCC(NC(=O)c1ccc(C)c(NC(=O)c2ccco2)c1)c1nc2ccccc2[nH]1. The molecule has 0 saturated heterocycles. The number of carbonyl (C=O) groups excluding carboxylic acids is 2. The van der Waals surface area contributed by atoms with Crippen molar-refractivity contribution >= 4 is 40.3 Å². The molecule has 0 aliphatic carbocycles. The van der Waals surface area contributed by atoms with Crippen molar-refractivity contribution in [3.05, 3.63) is 83.6 Å². The van der Waals surface area contributed by atoms with E-state index in [1.165, 1.54) is 6.26 Å². The van der Waals surface area contributed by atoms with Gasteiger partial charge in [-0.3, -0.25) is 9.59 Å². The molecular weight excluding hydrogens is 424 g/mol. The van der Waals surface area contributed by atoms with Crippen LogP contribution >= 0.6 is 11.8 Å². The number of hydrogen-bond acceptors (Lipinski definition) is 5. The first-order chi connectivity index (χ1) is 15.5. The van der Waals surface area contributed by atoms with Gasteiger partial charge in [-0.25, -0.2) is 4.98 Å². The van der Waals surface area contributed by atoms with E-state index in [0.29, 0.717) is 11.3 Å². The lowest BCUT2D eigenvalue weighted by Crippen LogP contribution is -2.30. The molecule has 2 aromatic heterocycles. The van der Waals surface area contributed by atoms with E-state index in [0.717, 1.165) is 34.6 Å². The summed E-state index contributed by atoms with van der Waals surface area (Å²) in [6.45, 7) is 1.87. The molecular formula is C24H24N4O3S. The average molecular weight is 449 g/mol. The lowest BCUT2D eigenvalue weighted by molar-refractivity contribution is 0.0932. The van der Waals surface area contributed by atoms with E-state index in [1.807, 2.05) is 43.5 Å².